The van der Waals surface area contributed by atoms with Crippen molar-refractivity contribution in [2.75, 3.05) is 26.7 Å². The molecule has 0 spiro atoms. The zero-order valence-electron chi connectivity index (χ0n) is 19.9. The van der Waals surface area contributed by atoms with Gasteiger partial charge in [0, 0.05) is 51.3 Å². The number of imidazole rings is 1. The first kappa shape index (κ1) is 25.8. The van der Waals surface area contributed by atoms with Gasteiger partial charge in [-0.1, -0.05) is 6.92 Å². The Hall–Kier alpha value is -2.82. The average Bonchev–Trinajstić information content (AvgIpc) is 3.37. The molecule has 0 radical (unpaired) electrons. The summed E-state index contributed by atoms with van der Waals surface area (Å²) in [5.74, 6) is 3.60. The van der Waals surface area contributed by atoms with Gasteiger partial charge in [-0.05, 0) is 55.2 Å². The van der Waals surface area contributed by atoms with Crippen LogP contribution < -0.4 is 14.8 Å². The van der Waals surface area contributed by atoms with Gasteiger partial charge in [-0.25, -0.2) is 9.97 Å². The second kappa shape index (κ2) is 12.6. The Morgan fingerprint density at radius 3 is 2.68 bits per heavy atom. The molecule has 1 aromatic carbocycles. The van der Waals surface area contributed by atoms with E-state index < -0.39 is 0 Å². The molecule has 2 aromatic heterocycles. The average molecular weight is 576 g/mol. The molecule has 9 heteroatoms. The van der Waals surface area contributed by atoms with Gasteiger partial charge in [-0.3, -0.25) is 4.99 Å². The van der Waals surface area contributed by atoms with Gasteiger partial charge in [-0.15, -0.1) is 24.0 Å². The lowest BCUT2D eigenvalue weighted by atomic mass is 9.93. The van der Waals surface area contributed by atoms with Crippen LogP contribution in [0.1, 0.15) is 31.9 Å². The van der Waals surface area contributed by atoms with Crippen molar-refractivity contribution in [3.8, 4) is 17.4 Å². The number of halogens is 1. The van der Waals surface area contributed by atoms with Crippen molar-refractivity contribution < 1.29 is 9.47 Å². The van der Waals surface area contributed by atoms with Crippen molar-refractivity contribution in [3.63, 3.8) is 0 Å². The minimum atomic E-state index is 0. The normalized spacial score (nSPS) is 18.2. The third-order valence-electron chi connectivity index (χ3n) is 5.94. The van der Waals surface area contributed by atoms with E-state index in [0.29, 0.717) is 31.0 Å². The van der Waals surface area contributed by atoms with Crippen molar-refractivity contribution in [2.45, 2.75) is 32.9 Å². The van der Waals surface area contributed by atoms with E-state index >= 15 is 0 Å². The Bertz CT molecular complexity index is 1040. The predicted octanol–water partition coefficient (Wildman–Crippen LogP) is 4.75. The van der Waals surface area contributed by atoms with Crippen molar-refractivity contribution in [2.24, 2.45) is 10.9 Å². The van der Waals surface area contributed by atoms with Crippen LogP contribution in [0.25, 0.3) is 0 Å². The standard InChI is InChI=1S/C25H32N6O2.HI/c1-4-32-21-5-7-22(8-6-21)33-24-15-20(9-11-28-24)16-29-25(26-3)30-13-10-19(2)23(17-30)31-14-12-27-18-31;/h5-9,11-12,14-15,18-19,23H,4,10,13,16-17H2,1-3H3,(H,26,29);1H. The fourth-order valence-electron chi connectivity index (χ4n) is 4.12. The molecule has 3 aromatic rings. The third-order valence-corrected chi connectivity index (χ3v) is 5.94. The molecule has 1 saturated heterocycles. The molecule has 1 aliphatic rings. The van der Waals surface area contributed by atoms with Gasteiger partial charge < -0.3 is 24.3 Å². The number of piperidine rings is 1. The molecule has 182 valence electrons. The summed E-state index contributed by atoms with van der Waals surface area (Å²) >= 11 is 0. The zero-order valence-corrected chi connectivity index (χ0v) is 22.3. The van der Waals surface area contributed by atoms with Gasteiger partial charge >= 0.3 is 0 Å². The predicted molar refractivity (Wildman–Crippen MR) is 144 cm³/mol. The monoisotopic (exact) mass is 576 g/mol. The number of pyridine rings is 1. The maximum atomic E-state index is 5.93. The van der Waals surface area contributed by atoms with E-state index in [1.54, 1.807) is 6.20 Å². The van der Waals surface area contributed by atoms with E-state index in [2.05, 4.69) is 36.7 Å². The first-order chi connectivity index (χ1) is 16.2. The summed E-state index contributed by atoms with van der Waals surface area (Å²) in [5.41, 5.74) is 1.07. The molecular weight excluding hydrogens is 543 g/mol. The number of aliphatic imine (C=N–C) groups is 1. The molecule has 34 heavy (non-hydrogen) atoms. The Morgan fingerprint density at radius 2 is 1.97 bits per heavy atom. The molecule has 2 atom stereocenters. The van der Waals surface area contributed by atoms with Gasteiger partial charge in [0.2, 0.25) is 5.88 Å². The molecule has 4 rings (SSSR count). The van der Waals surface area contributed by atoms with Crippen LogP contribution in [0.15, 0.2) is 66.3 Å². The number of nitrogens with zero attached hydrogens (tertiary/aromatic N) is 5. The number of guanidine groups is 1. The quantitative estimate of drug-likeness (QED) is 0.249. The van der Waals surface area contributed by atoms with E-state index in [1.807, 2.05) is 69.1 Å². The van der Waals surface area contributed by atoms with Gasteiger partial charge in [0.1, 0.15) is 11.5 Å². The van der Waals surface area contributed by atoms with Crippen LogP contribution in [0.2, 0.25) is 0 Å². The van der Waals surface area contributed by atoms with Crippen LogP contribution in [0, 0.1) is 5.92 Å². The lowest BCUT2D eigenvalue weighted by Crippen LogP contribution is -2.48. The molecule has 1 N–H and O–H groups in total. The number of hydrogen-bond donors (Lipinski definition) is 1. The number of likely N-dealkylation sites (tertiary alicyclic amines) is 1. The zero-order chi connectivity index (χ0) is 23.0. The summed E-state index contributed by atoms with van der Waals surface area (Å²) in [5, 5.41) is 3.50. The number of hydrogen-bond acceptors (Lipinski definition) is 5. The summed E-state index contributed by atoms with van der Waals surface area (Å²) in [6, 6.07) is 11.9. The molecule has 0 saturated carbocycles. The van der Waals surface area contributed by atoms with Crippen LogP contribution in [0.4, 0.5) is 0 Å². The Morgan fingerprint density at radius 1 is 1.18 bits per heavy atom. The van der Waals surface area contributed by atoms with Crippen molar-refractivity contribution in [1.82, 2.24) is 24.8 Å². The Labute approximate surface area is 218 Å². The van der Waals surface area contributed by atoms with Gasteiger partial charge in [0.15, 0.2) is 5.96 Å². The molecule has 2 unspecified atom stereocenters. The first-order valence-corrected chi connectivity index (χ1v) is 11.4. The largest absolute Gasteiger partial charge is 0.494 e. The van der Waals surface area contributed by atoms with Crippen LogP contribution in [0.5, 0.6) is 17.4 Å². The highest BCUT2D eigenvalue weighted by Crippen LogP contribution is 2.27. The first-order valence-electron chi connectivity index (χ1n) is 11.4. The minimum Gasteiger partial charge on any atom is -0.494 e. The molecule has 0 bridgehead atoms. The lowest BCUT2D eigenvalue weighted by molar-refractivity contribution is 0.189. The van der Waals surface area contributed by atoms with Crippen molar-refractivity contribution >= 4 is 29.9 Å². The van der Waals surface area contributed by atoms with Crippen molar-refractivity contribution in [3.05, 3.63) is 66.9 Å². The SMILES string of the molecule is CCOc1ccc(Oc2cc(CNC(=NC)N3CCC(C)C(n4ccnc4)C3)ccn2)cc1.I. The topological polar surface area (TPSA) is 76.8 Å². The van der Waals surface area contributed by atoms with Crippen molar-refractivity contribution in [1.29, 1.82) is 0 Å². The van der Waals surface area contributed by atoms with Gasteiger partial charge in [0.05, 0.1) is 19.0 Å². The Kier molecular flexibility index (Phi) is 9.55. The molecule has 3 heterocycles. The van der Waals surface area contributed by atoms with Gasteiger partial charge in [0.25, 0.3) is 0 Å². The maximum absolute atomic E-state index is 5.93. The number of ether oxygens (including phenoxy) is 2. The molecule has 1 fully saturated rings. The second-order valence-corrected chi connectivity index (χ2v) is 8.20. The third kappa shape index (κ3) is 6.62. The Balaban J connectivity index is 0.00000324. The molecule has 0 amide bonds. The molecular formula is C25H33IN6O2. The van der Waals surface area contributed by atoms with E-state index in [4.69, 9.17) is 9.47 Å². The lowest BCUT2D eigenvalue weighted by Gasteiger charge is -2.39. The number of rotatable bonds is 7. The van der Waals surface area contributed by atoms with Crippen LogP contribution >= 0.6 is 24.0 Å². The maximum Gasteiger partial charge on any atom is 0.219 e. The minimum absolute atomic E-state index is 0. The smallest absolute Gasteiger partial charge is 0.219 e. The highest BCUT2D eigenvalue weighted by molar-refractivity contribution is 14.0. The summed E-state index contributed by atoms with van der Waals surface area (Å²) < 4.78 is 13.6. The fraction of sp³-hybridized carbons (Fsp3) is 0.400. The van der Waals surface area contributed by atoms with Crippen LogP contribution in [0.3, 0.4) is 0 Å². The summed E-state index contributed by atoms with van der Waals surface area (Å²) in [7, 11) is 1.83. The fourth-order valence-corrected chi connectivity index (χ4v) is 4.12. The number of benzene rings is 1. The van der Waals surface area contributed by atoms with E-state index in [0.717, 1.165) is 42.5 Å². The summed E-state index contributed by atoms with van der Waals surface area (Å²) in [6.45, 7) is 7.43. The second-order valence-electron chi connectivity index (χ2n) is 8.20. The van der Waals surface area contributed by atoms with Crippen LogP contribution in [-0.4, -0.2) is 52.1 Å². The van der Waals surface area contributed by atoms with E-state index in [-0.39, 0.29) is 24.0 Å². The molecule has 0 aliphatic carbocycles. The molecule has 1 aliphatic heterocycles. The van der Waals surface area contributed by atoms with Gasteiger partial charge in [-0.2, -0.15) is 0 Å². The van der Waals surface area contributed by atoms with Crippen LogP contribution in [-0.2, 0) is 6.54 Å². The highest BCUT2D eigenvalue weighted by atomic mass is 127. The summed E-state index contributed by atoms with van der Waals surface area (Å²) in [4.78, 5) is 15.4. The number of nitrogens with one attached hydrogen (secondary N) is 1. The summed E-state index contributed by atoms with van der Waals surface area (Å²) in [6.07, 6.45) is 8.67. The number of aromatic nitrogens is 3. The van der Waals surface area contributed by atoms with E-state index in [1.165, 1.54) is 0 Å². The molecule has 8 nitrogen and oxygen atoms in total. The van der Waals surface area contributed by atoms with E-state index in [9.17, 15) is 0 Å². The highest BCUT2D eigenvalue weighted by Gasteiger charge is 2.28.